The van der Waals surface area contributed by atoms with E-state index >= 15 is 0 Å². The Balaban J connectivity index is 1.03. The van der Waals surface area contributed by atoms with Gasteiger partial charge in [-0.2, -0.15) is 0 Å². The summed E-state index contributed by atoms with van der Waals surface area (Å²) in [5, 5.41) is 1.33. The minimum Gasteiger partial charge on any atom is -0.310 e. The van der Waals surface area contributed by atoms with Crippen LogP contribution in [0.25, 0.3) is 53.9 Å². The van der Waals surface area contributed by atoms with Gasteiger partial charge in [-0.05, 0) is 115 Å². The van der Waals surface area contributed by atoms with Crippen molar-refractivity contribution in [2.24, 2.45) is 0 Å². The fourth-order valence-electron chi connectivity index (χ4n) is 10.7. The molecular formula is C60H43NS. The van der Waals surface area contributed by atoms with Crippen LogP contribution in [0.1, 0.15) is 47.2 Å². The second-order valence-electron chi connectivity index (χ2n) is 17.2. The highest BCUT2D eigenvalue weighted by molar-refractivity contribution is 7.22. The van der Waals surface area contributed by atoms with Gasteiger partial charge in [0, 0.05) is 37.6 Å². The lowest BCUT2D eigenvalue weighted by molar-refractivity contribution is 0.660. The van der Waals surface area contributed by atoms with Gasteiger partial charge in [0.25, 0.3) is 0 Å². The minimum absolute atomic E-state index is 0.0584. The Morgan fingerprint density at radius 1 is 0.387 bits per heavy atom. The monoisotopic (exact) mass is 809 g/mol. The van der Waals surface area contributed by atoms with Crippen molar-refractivity contribution in [2.75, 3.05) is 4.90 Å². The minimum atomic E-state index is -0.466. The molecule has 0 spiro atoms. The molecule has 0 atom stereocenters. The summed E-state index contributed by atoms with van der Waals surface area (Å²) >= 11 is 1.93. The van der Waals surface area contributed by atoms with E-state index in [1.165, 1.54) is 87.3 Å². The first kappa shape index (κ1) is 36.6. The predicted molar refractivity (Wildman–Crippen MR) is 262 cm³/mol. The quantitative estimate of drug-likeness (QED) is 0.155. The molecule has 294 valence electrons. The molecule has 0 N–H and O–H groups in total. The number of fused-ring (bicyclic) bond motifs is 8. The van der Waals surface area contributed by atoms with Crippen molar-refractivity contribution in [1.29, 1.82) is 0 Å². The summed E-state index contributed by atoms with van der Waals surface area (Å²) < 4.78 is 1.32. The van der Waals surface area contributed by atoms with Crippen molar-refractivity contribution < 1.29 is 0 Å². The standard InChI is InChI=1S/C60H43NS/c1-59(2)52-26-14-12-23-49(52)51-39-47(37-38-53(51)59)61(45-33-29-41(30-34-45)40-17-6-3-7-18-40)46-35-31-42(32-36-46)48-25-16-27-54-56(48)58-57(50-24-13-15-28-55(50)62-58)60(54,43-19-8-4-9-20-43)44-21-10-5-11-22-44/h3-39H,1-2H3. The number of rotatable bonds is 7. The van der Waals surface area contributed by atoms with E-state index in [0.717, 1.165) is 17.1 Å². The van der Waals surface area contributed by atoms with Gasteiger partial charge >= 0.3 is 0 Å². The maximum absolute atomic E-state index is 2.42. The lowest BCUT2D eigenvalue weighted by atomic mass is 9.67. The van der Waals surface area contributed by atoms with Crippen LogP contribution in [0.2, 0.25) is 0 Å². The SMILES string of the molecule is CC1(C)c2ccccc2-c2cc(N(c3ccc(-c4ccccc4)cc3)c3ccc(-c4cccc5c4-c4sc6ccccc6c4C5(c4ccccc4)c4ccccc4)cc3)ccc21. The van der Waals surface area contributed by atoms with Crippen LogP contribution >= 0.6 is 11.3 Å². The Morgan fingerprint density at radius 2 is 0.903 bits per heavy atom. The molecule has 0 unspecified atom stereocenters. The Hall–Kier alpha value is -7.26. The normalized spacial score (nSPS) is 13.9. The lowest BCUT2D eigenvalue weighted by Gasteiger charge is -2.34. The van der Waals surface area contributed by atoms with Gasteiger partial charge in [0.15, 0.2) is 0 Å². The molecule has 0 amide bonds. The molecule has 12 rings (SSSR count). The number of benzene rings is 9. The highest BCUT2D eigenvalue weighted by Gasteiger charge is 2.49. The van der Waals surface area contributed by atoms with Crippen LogP contribution in [0, 0.1) is 0 Å². The molecule has 0 fully saturated rings. The number of thiophene rings is 1. The van der Waals surface area contributed by atoms with E-state index in [2.05, 4.69) is 243 Å². The van der Waals surface area contributed by atoms with Gasteiger partial charge in [0.2, 0.25) is 0 Å². The number of nitrogens with zero attached hydrogens (tertiary/aromatic N) is 1. The molecule has 1 nitrogen and oxygen atoms in total. The van der Waals surface area contributed by atoms with Crippen molar-refractivity contribution in [3.8, 4) is 43.8 Å². The van der Waals surface area contributed by atoms with Crippen LogP contribution in [0.15, 0.2) is 224 Å². The highest BCUT2D eigenvalue weighted by atomic mass is 32.1. The zero-order chi connectivity index (χ0) is 41.4. The predicted octanol–water partition coefficient (Wildman–Crippen LogP) is 16.4. The summed E-state index contributed by atoms with van der Waals surface area (Å²) in [5.74, 6) is 0. The molecule has 2 aliphatic carbocycles. The van der Waals surface area contributed by atoms with Gasteiger partial charge in [-0.3, -0.25) is 0 Å². The molecule has 0 radical (unpaired) electrons. The third-order valence-corrected chi connectivity index (χ3v) is 14.8. The van der Waals surface area contributed by atoms with Gasteiger partial charge in [-0.1, -0.05) is 196 Å². The average molecular weight is 810 g/mol. The molecule has 0 bridgehead atoms. The van der Waals surface area contributed by atoms with Crippen molar-refractivity contribution in [3.63, 3.8) is 0 Å². The van der Waals surface area contributed by atoms with Crippen LogP contribution in [0.3, 0.4) is 0 Å². The van der Waals surface area contributed by atoms with Crippen LogP contribution in [0.4, 0.5) is 17.1 Å². The van der Waals surface area contributed by atoms with Gasteiger partial charge in [0.1, 0.15) is 0 Å². The summed E-state index contributed by atoms with van der Waals surface area (Å²) in [4.78, 5) is 3.78. The largest absolute Gasteiger partial charge is 0.310 e. The zero-order valence-corrected chi connectivity index (χ0v) is 35.5. The third-order valence-electron chi connectivity index (χ3n) is 13.6. The summed E-state index contributed by atoms with van der Waals surface area (Å²) in [6.45, 7) is 4.70. The fourth-order valence-corrected chi connectivity index (χ4v) is 12.1. The summed E-state index contributed by atoms with van der Waals surface area (Å²) in [5.41, 5.74) is 19.8. The molecule has 1 aromatic heterocycles. The number of hydrogen-bond acceptors (Lipinski definition) is 2. The molecule has 62 heavy (non-hydrogen) atoms. The Morgan fingerprint density at radius 3 is 1.60 bits per heavy atom. The van der Waals surface area contributed by atoms with Crippen LogP contribution < -0.4 is 4.90 Å². The van der Waals surface area contributed by atoms with Gasteiger partial charge in [-0.25, -0.2) is 0 Å². The highest BCUT2D eigenvalue weighted by Crippen LogP contribution is 2.62. The molecular weight excluding hydrogens is 767 g/mol. The average Bonchev–Trinajstić information content (AvgIpc) is 3.94. The van der Waals surface area contributed by atoms with Crippen molar-refractivity contribution in [3.05, 3.63) is 258 Å². The maximum atomic E-state index is 2.42. The van der Waals surface area contributed by atoms with E-state index in [1.54, 1.807) is 0 Å². The van der Waals surface area contributed by atoms with E-state index in [1.807, 2.05) is 11.3 Å². The Bertz CT molecular complexity index is 3250. The zero-order valence-electron chi connectivity index (χ0n) is 34.7. The lowest BCUT2D eigenvalue weighted by Crippen LogP contribution is -2.28. The van der Waals surface area contributed by atoms with E-state index in [4.69, 9.17) is 0 Å². The maximum Gasteiger partial charge on any atom is 0.0728 e. The first-order chi connectivity index (χ1) is 30.5. The summed E-state index contributed by atoms with van der Waals surface area (Å²) in [6.07, 6.45) is 0. The van der Waals surface area contributed by atoms with E-state index < -0.39 is 5.41 Å². The molecule has 9 aromatic carbocycles. The van der Waals surface area contributed by atoms with Crippen LogP contribution in [0.5, 0.6) is 0 Å². The van der Waals surface area contributed by atoms with Crippen LogP contribution in [-0.4, -0.2) is 0 Å². The number of anilines is 3. The second kappa shape index (κ2) is 14.2. The van der Waals surface area contributed by atoms with E-state index in [0.29, 0.717) is 0 Å². The van der Waals surface area contributed by atoms with Crippen molar-refractivity contribution >= 4 is 38.5 Å². The third kappa shape index (κ3) is 5.40. The van der Waals surface area contributed by atoms with Crippen LogP contribution in [-0.2, 0) is 10.8 Å². The molecule has 2 aliphatic rings. The van der Waals surface area contributed by atoms with Gasteiger partial charge in [0.05, 0.1) is 5.41 Å². The van der Waals surface area contributed by atoms with Gasteiger partial charge in [-0.15, -0.1) is 11.3 Å². The van der Waals surface area contributed by atoms with E-state index in [-0.39, 0.29) is 5.41 Å². The van der Waals surface area contributed by atoms with E-state index in [9.17, 15) is 0 Å². The molecule has 2 heteroatoms. The molecule has 0 saturated carbocycles. The second-order valence-corrected chi connectivity index (χ2v) is 18.3. The Labute approximate surface area is 367 Å². The number of hydrogen-bond donors (Lipinski definition) is 0. The summed E-state index contributed by atoms with van der Waals surface area (Å²) in [6, 6.07) is 83.2. The molecule has 0 aliphatic heterocycles. The topological polar surface area (TPSA) is 3.24 Å². The van der Waals surface area contributed by atoms with Crippen molar-refractivity contribution in [2.45, 2.75) is 24.7 Å². The molecule has 10 aromatic rings. The Kier molecular flexibility index (Phi) is 8.36. The first-order valence-electron chi connectivity index (χ1n) is 21.6. The summed E-state index contributed by atoms with van der Waals surface area (Å²) in [7, 11) is 0. The fraction of sp³-hybridized carbons (Fsp3) is 0.0667. The molecule has 1 heterocycles. The molecule has 0 saturated heterocycles. The first-order valence-corrected chi connectivity index (χ1v) is 22.4. The van der Waals surface area contributed by atoms with Crippen molar-refractivity contribution in [1.82, 2.24) is 0 Å². The smallest absolute Gasteiger partial charge is 0.0728 e. The van der Waals surface area contributed by atoms with Gasteiger partial charge < -0.3 is 4.90 Å².